The average molecular weight is 296 g/mol. The van der Waals surface area contributed by atoms with E-state index in [4.69, 9.17) is 10.5 Å². The zero-order valence-electron chi connectivity index (χ0n) is 9.99. The van der Waals surface area contributed by atoms with E-state index in [0.29, 0.717) is 5.82 Å². The second-order valence-corrected chi connectivity index (χ2v) is 4.72. The lowest BCUT2D eigenvalue weighted by Crippen LogP contribution is -1.98. The second-order valence-electron chi connectivity index (χ2n) is 3.87. The molecular formula is C12H14BrN3O. The largest absolute Gasteiger partial charge is 0.496 e. The molecule has 0 saturated carbocycles. The number of hydrogen-bond donors (Lipinski definition) is 1. The van der Waals surface area contributed by atoms with Gasteiger partial charge in [-0.25, -0.2) is 0 Å². The molecule has 2 aromatic rings. The van der Waals surface area contributed by atoms with Gasteiger partial charge in [-0.1, -0.05) is 15.9 Å². The summed E-state index contributed by atoms with van der Waals surface area (Å²) >= 11 is 3.54. The number of halogens is 1. The van der Waals surface area contributed by atoms with Crippen LogP contribution in [0.25, 0.3) is 11.1 Å². The lowest BCUT2D eigenvalue weighted by molar-refractivity contribution is 0.412. The Kier molecular flexibility index (Phi) is 3.11. The third kappa shape index (κ3) is 2.02. The number of aryl methyl sites for hydroxylation is 2. The maximum Gasteiger partial charge on any atom is 0.129 e. The fraction of sp³-hybridized carbons (Fsp3) is 0.250. The molecule has 4 nitrogen and oxygen atoms in total. The molecule has 0 saturated heterocycles. The molecule has 0 spiro atoms. The number of nitrogen functional groups attached to an aromatic ring is 1. The van der Waals surface area contributed by atoms with Crippen LogP contribution < -0.4 is 10.5 Å². The van der Waals surface area contributed by atoms with Crippen LogP contribution in [0.15, 0.2) is 22.8 Å². The van der Waals surface area contributed by atoms with Crippen LogP contribution >= 0.6 is 15.9 Å². The summed E-state index contributed by atoms with van der Waals surface area (Å²) < 4.78 is 7.95. The van der Waals surface area contributed by atoms with Gasteiger partial charge in [0.2, 0.25) is 0 Å². The lowest BCUT2D eigenvalue weighted by Gasteiger charge is -2.10. The molecule has 0 fully saturated rings. The van der Waals surface area contributed by atoms with Gasteiger partial charge in [-0.3, -0.25) is 4.68 Å². The third-order valence-electron chi connectivity index (χ3n) is 2.76. The Hall–Kier alpha value is -1.49. The Morgan fingerprint density at radius 1 is 1.35 bits per heavy atom. The number of ether oxygens (including phenoxy) is 1. The first-order valence-electron chi connectivity index (χ1n) is 5.16. The van der Waals surface area contributed by atoms with Gasteiger partial charge in [0.15, 0.2) is 0 Å². The first kappa shape index (κ1) is 12.0. The number of benzene rings is 1. The van der Waals surface area contributed by atoms with Gasteiger partial charge in [0, 0.05) is 22.6 Å². The van der Waals surface area contributed by atoms with Gasteiger partial charge < -0.3 is 10.5 Å². The minimum Gasteiger partial charge on any atom is -0.496 e. The molecule has 0 aliphatic carbocycles. The van der Waals surface area contributed by atoms with Crippen molar-refractivity contribution >= 4 is 21.7 Å². The molecule has 0 bridgehead atoms. The number of nitrogens with zero attached hydrogens (tertiary/aromatic N) is 2. The summed E-state index contributed by atoms with van der Waals surface area (Å²) in [5.74, 6) is 1.48. The van der Waals surface area contributed by atoms with E-state index in [1.54, 1.807) is 18.0 Å². The molecule has 0 amide bonds. The smallest absolute Gasteiger partial charge is 0.129 e. The van der Waals surface area contributed by atoms with E-state index in [2.05, 4.69) is 21.0 Å². The van der Waals surface area contributed by atoms with Gasteiger partial charge in [-0.05, 0) is 24.6 Å². The Morgan fingerprint density at radius 3 is 2.59 bits per heavy atom. The summed E-state index contributed by atoms with van der Waals surface area (Å²) in [4.78, 5) is 0. The first-order valence-corrected chi connectivity index (χ1v) is 5.96. The first-order chi connectivity index (χ1) is 8.04. The Balaban J connectivity index is 2.63. The number of hydrogen-bond acceptors (Lipinski definition) is 3. The van der Waals surface area contributed by atoms with Crippen LogP contribution in [0.1, 0.15) is 5.56 Å². The molecule has 0 aliphatic heterocycles. The minimum absolute atomic E-state index is 0.636. The number of rotatable bonds is 2. The van der Waals surface area contributed by atoms with Crippen LogP contribution in [-0.2, 0) is 7.05 Å². The molecule has 5 heteroatoms. The van der Waals surface area contributed by atoms with Crippen molar-refractivity contribution in [2.24, 2.45) is 7.05 Å². The lowest BCUT2D eigenvalue weighted by atomic mass is 10.1. The van der Waals surface area contributed by atoms with Crippen molar-refractivity contribution in [3.63, 3.8) is 0 Å². The number of aromatic nitrogens is 2. The number of nitrogens with two attached hydrogens (primary N) is 1. The van der Waals surface area contributed by atoms with Gasteiger partial charge in [-0.2, -0.15) is 5.10 Å². The highest BCUT2D eigenvalue weighted by Gasteiger charge is 2.13. The number of methoxy groups -OCH3 is 1. The van der Waals surface area contributed by atoms with E-state index in [9.17, 15) is 0 Å². The van der Waals surface area contributed by atoms with Crippen molar-refractivity contribution in [3.8, 4) is 16.9 Å². The SMILES string of the molecule is COc1cc(-c2cnn(C)c2N)c(Br)cc1C. The fourth-order valence-electron chi connectivity index (χ4n) is 1.73. The van der Waals surface area contributed by atoms with Crippen LogP contribution in [0.4, 0.5) is 5.82 Å². The normalized spacial score (nSPS) is 10.6. The van der Waals surface area contributed by atoms with E-state index in [0.717, 1.165) is 26.9 Å². The van der Waals surface area contributed by atoms with Crippen molar-refractivity contribution < 1.29 is 4.74 Å². The van der Waals surface area contributed by atoms with Crippen LogP contribution in [0, 0.1) is 6.92 Å². The highest BCUT2D eigenvalue weighted by molar-refractivity contribution is 9.10. The topological polar surface area (TPSA) is 53.1 Å². The van der Waals surface area contributed by atoms with Crippen LogP contribution in [0.2, 0.25) is 0 Å². The van der Waals surface area contributed by atoms with Gasteiger partial charge >= 0.3 is 0 Å². The van der Waals surface area contributed by atoms with E-state index in [-0.39, 0.29) is 0 Å². The molecule has 90 valence electrons. The molecule has 0 unspecified atom stereocenters. The summed E-state index contributed by atoms with van der Waals surface area (Å²) in [6.45, 7) is 2.00. The quantitative estimate of drug-likeness (QED) is 0.927. The average Bonchev–Trinajstić information content (AvgIpc) is 2.61. The molecular weight excluding hydrogens is 282 g/mol. The van der Waals surface area contributed by atoms with Gasteiger partial charge in [0.25, 0.3) is 0 Å². The van der Waals surface area contributed by atoms with Crippen molar-refractivity contribution in [1.82, 2.24) is 9.78 Å². The van der Waals surface area contributed by atoms with Crippen molar-refractivity contribution in [2.75, 3.05) is 12.8 Å². The molecule has 0 aliphatic rings. The minimum atomic E-state index is 0.636. The highest BCUT2D eigenvalue weighted by Crippen LogP contribution is 2.36. The predicted molar refractivity (Wildman–Crippen MR) is 72.0 cm³/mol. The molecule has 1 heterocycles. The van der Waals surface area contributed by atoms with E-state index in [1.165, 1.54) is 0 Å². The Morgan fingerprint density at radius 2 is 2.06 bits per heavy atom. The van der Waals surface area contributed by atoms with Gasteiger partial charge in [0.1, 0.15) is 11.6 Å². The molecule has 1 aromatic carbocycles. The van der Waals surface area contributed by atoms with Gasteiger partial charge in [0.05, 0.1) is 13.3 Å². The van der Waals surface area contributed by atoms with E-state index < -0.39 is 0 Å². The predicted octanol–water partition coefficient (Wildman–Crippen LogP) is 2.75. The van der Waals surface area contributed by atoms with Crippen molar-refractivity contribution in [1.29, 1.82) is 0 Å². The second kappa shape index (κ2) is 4.41. The fourth-order valence-corrected chi connectivity index (χ4v) is 2.41. The molecule has 17 heavy (non-hydrogen) atoms. The standard InChI is InChI=1S/C12H14BrN3O/c1-7-4-10(13)8(5-11(7)17-3)9-6-15-16(2)12(9)14/h4-6H,14H2,1-3H3. The summed E-state index contributed by atoms with van der Waals surface area (Å²) in [6.07, 6.45) is 1.75. The van der Waals surface area contributed by atoms with Crippen molar-refractivity contribution in [3.05, 3.63) is 28.4 Å². The summed E-state index contributed by atoms with van der Waals surface area (Å²) in [5.41, 5.74) is 8.93. The summed E-state index contributed by atoms with van der Waals surface area (Å²) in [5, 5.41) is 4.14. The van der Waals surface area contributed by atoms with Crippen molar-refractivity contribution in [2.45, 2.75) is 6.92 Å². The molecule has 2 N–H and O–H groups in total. The maximum absolute atomic E-state index is 5.97. The van der Waals surface area contributed by atoms with E-state index in [1.807, 2.05) is 26.1 Å². The number of anilines is 1. The Labute approximate surface area is 109 Å². The van der Waals surface area contributed by atoms with Gasteiger partial charge in [-0.15, -0.1) is 0 Å². The monoisotopic (exact) mass is 295 g/mol. The highest BCUT2D eigenvalue weighted by atomic mass is 79.9. The zero-order valence-corrected chi connectivity index (χ0v) is 11.6. The third-order valence-corrected chi connectivity index (χ3v) is 3.42. The summed E-state index contributed by atoms with van der Waals surface area (Å²) in [7, 11) is 3.48. The van der Waals surface area contributed by atoms with E-state index >= 15 is 0 Å². The Bertz CT molecular complexity index is 563. The summed E-state index contributed by atoms with van der Waals surface area (Å²) in [6, 6.07) is 3.98. The molecule has 1 aromatic heterocycles. The van der Waals surface area contributed by atoms with Crippen LogP contribution in [0.5, 0.6) is 5.75 Å². The maximum atomic E-state index is 5.97. The van der Waals surface area contributed by atoms with Crippen LogP contribution in [-0.4, -0.2) is 16.9 Å². The molecule has 0 atom stereocenters. The van der Waals surface area contributed by atoms with Crippen LogP contribution in [0.3, 0.4) is 0 Å². The molecule has 0 radical (unpaired) electrons. The zero-order chi connectivity index (χ0) is 12.6. The molecule has 2 rings (SSSR count).